The van der Waals surface area contributed by atoms with E-state index in [4.69, 9.17) is 4.42 Å². The SMILES string of the molecule is O=C(Nc1c(F)c(F)c(C(F)(F)F)c(F)c1F)c1ccc(Cn2cc([N+](=O)[O-])cn2)o1. The fourth-order valence-corrected chi connectivity index (χ4v) is 2.44. The number of alkyl halides is 3. The van der Waals surface area contributed by atoms with Crippen molar-refractivity contribution in [2.24, 2.45) is 0 Å². The van der Waals surface area contributed by atoms with Crippen LogP contribution in [0.3, 0.4) is 0 Å². The van der Waals surface area contributed by atoms with Crippen LogP contribution in [0.1, 0.15) is 21.9 Å². The molecule has 1 amide bonds. The van der Waals surface area contributed by atoms with E-state index in [1.165, 1.54) is 11.4 Å². The van der Waals surface area contributed by atoms with Gasteiger partial charge in [-0.3, -0.25) is 19.6 Å². The molecule has 0 atom stereocenters. The van der Waals surface area contributed by atoms with Crippen molar-refractivity contribution < 1.29 is 44.9 Å². The van der Waals surface area contributed by atoms with Crippen molar-refractivity contribution in [2.45, 2.75) is 12.7 Å². The number of carbonyl (C=O) groups excluding carboxylic acids is 1. The predicted molar refractivity (Wildman–Crippen MR) is 85.9 cm³/mol. The van der Waals surface area contributed by atoms with Crippen LogP contribution in [0, 0.1) is 33.4 Å². The van der Waals surface area contributed by atoms with Crippen molar-refractivity contribution >= 4 is 17.3 Å². The lowest BCUT2D eigenvalue weighted by Crippen LogP contribution is -2.20. The number of carbonyl (C=O) groups is 1. The molecule has 0 saturated carbocycles. The number of nitrogens with one attached hydrogen (secondary N) is 1. The van der Waals surface area contributed by atoms with Gasteiger partial charge in [0, 0.05) is 0 Å². The number of benzene rings is 1. The second-order valence-corrected chi connectivity index (χ2v) is 5.88. The molecule has 0 aliphatic heterocycles. The second kappa shape index (κ2) is 7.73. The maximum absolute atomic E-state index is 13.9. The highest BCUT2D eigenvalue weighted by atomic mass is 19.4. The van der Waals surface area contributed by atoms with Gasteiger partial charge in [0.15, 0.2) is 29.0 Å². The summed E-state index contributed by atoms with van der Waals surface area (Å²) in [7, 11) is 0. The molecule has 0 saturated heterocycles. The average Bonchev–Trinajstić information content (AvgIpc) is 3.32. The van der Waals surface area contributed by atoms with E-state index in [9.17, 15) is 45.6 Å². The first-order chi connectivity index (χ1) is 14.4. The maximum atomic E-state index is 13.9. The number of nitrogens with zero attached hydrogens (tertiary/aromatic N) is 3. The summed E-state index contributed by atoms with van der Waals surface area (Å²) in [4.78, 5) is 22.0. The van der Waals surface area contributed by atoms with Crippen LogP contribution in [0.25, 0.3) is 0 Å². The Hall–Kier alpha value is -3.91. The van der Waals surface area contributed by atoms with Gasteiger partial charge in [-0.25, -0.2) is 17.6 Å². The second-order valence-electron chi connectivity index (χ2n) is 5.88. The van der Waals surface area contributed by atoms with Crippen molar-refractivity contribution in [3.63, 3.8) is 0 Å². The molecule has 0 spiro atoms. The molecule has 2 aromatic heterocycles. The van der Waals surface area contributed by atoms with E-state index in [1.807, 2.05) is 0 Å². The molecule has 164 valence electrons. The largest absolute Gasteiger partial charge is 0.454 e. The molecule has 0 radical (unpaired) electrons. The monoisotopic (exact) mass is 452 g/mol. The van der Waals surface area contributed by atoms with Gasteiger partial charge < -0.3 is 9.73 Å². The number of anilines is 1. The highest BCUT2D eigenvalue weighted by molar-refractivity contribution is 6.02. The number of nitro groups is 1. The lowest BCUT2D eigenvalue weighted by Gasteiger charge is -2.14. The standard InChI is InChI=1S/C16H7F7N4O4/c17-10-9(16(21,22)23)11(18)13(20)14(12(10)19)25-15(28)8-2-1-7(31-8)5-26-4-6(3-24-26)27(29)30/h1-4H,5H2,(H,25,28). The summed E-state index contributed by atoms with van der Waals surface area (Å²) < 4.78 is 98.9. The Morgan fingerprint density at radius 3 is 2.26 bits per heavy atom. The third-order valence-corrected chi connectivity index (χ3v) is 3.82. The zero-order chi connectivity index (χ0) is 23.1. The Kier molecular flexibility index (Phi) is 5.43. The Bertz CT molecular complexity index is 1160. The predicted octanol–water partition coefficient (Wildman–Crippen LogP) is 4.26. The summed E-state index contributed by atoms with van der Waals surface area (Å²) in [5.74, 6) is -12.5. The lowest BCUT2D eigenvalue weighted by atomic mass is 10.1. The number of hydrogen-bond acceptors (Lipinski definition) is 5. The van der Waals surface area contributed by atoms with Gasteiger partial charge in [0.2, 0.25) is 0 Å². The van der Waals surface area contributed by atoms with Gasteiger partial charge in [0.05, 0.1) is 11.5 Å². The van der Waals surface area contributed by atoms with E-state index in [-0.39, 0.29) is 18.0 Å². The fourth-order valence-electron chi connectivity index (χ4n) is 2.44. The highest BCUT2D eigenvalue weighted by Gasteiger charge is 2.42. The van der Waals surface area contributed by atoms with Gasteiger partial charge in [-0.15, -0.1) is 0 Å². The molecule has 31 heavy (non-hydrogen) atoms. The minimum Gasteiger partial charge on any atom is -0.454 e. The third-order valence-electron chi connectivity index (χ3n) is 3.82. The number of rotatable bonds is 5. The Balaban J connectivity index is 1.83. The van der Waals surface area contributed by atoms with E-state index in [0.29, 0.717) is 0 Å². The smallest absolute Gasteiger partial charge is 0.422 e. The van der Waals surface area contributed by atoms with Crippen LogP contribution in [0.15, 0.2) is 28.9 Å². The van der Waals surface area contributed by atoms with Crippen LogP contribution in [0.4, 0.5) is 42.1 Å². The Morgan fingerprint density at radius 2 is 1.74 bits per heavy atom. The topological polar surface area (TPSA) is 103 Å². The summed E-state index contributed by atoms with van der Waals surface area (Å²) in [6.45, 7) is -0.201. The van der Waals surface area contributed by atoms with Crippen molar-refractivity contribution in [3.8, 4) is 0 Å². The van der Waals surface area contributed by atoms with E-state index >= 15 is 0 Å². The first-order valence-corrected chi connectivity index (χ1v) is 7.90. The number of hydrogen-bond donors (Lipinski definition) is 1. The van der Waals surface area contributed by atoms with Crippen LogP contribution in [0.2, 0.25) is 0 Å². The first kappa shape index (κ1) is 21.8. The molecule has 8 nitrogen and oxygen atoms in total. The molecule has 2 heterocycles. The molecule has 3 aromatic rings. The molecular weight excluding hydrogens is 445 g/mol. The fraction of sp³-hybridized carbons (Fsp3) is 0.125. The van der Waals surface area contributed by atoms with Gasteiger partial charge in [0.25, 0.3) is 5.91 Å². The zero-order valence-corrected chi connectivity index (χ0v) is 14.6. The number of amides is 1. The maximum Gasteiger partial charge on any atom is 0.422 e. The number of aromatic nitrogens is 2. The van der Waals surface area contributed by atoms with Crippen molar-refractivity contribution in [1.82, 2.24) is 9.78 Å². The summed E-state index contributed by atoms with van der Waals surface area (Å²) in [6.07, 6.45) is -3.74. The van der Waals surface area contributed by atoms with Gasteiger partial charge in [-0.1, -0.05) is 0 Å². The quantitative estimate of drug-likeness (QED) is 0.270. The van der Waals surface area contributed by atoms with Gasteiger partial charge in [0.1, 0.15) is 29.4 Å². The molecule has 1 aromatic carbocycles. The van der Waals surface area contributed by atoms with Crippen molar-refractivity contribution in [3.05, 3.63) is 75.0 Å². The molecule has 0 unspecified atom stereocenters. The summed E-state index contributed by atoms with van der Waals surface area (Å²) in [6, 6.07) is 2.16. The van der Waals surface area contributed by atoms with E-state index in [0.717, 1.165) is 23.1 Å². The third kappa shape index (κ3) is 4.19. The van der Waals surface area contributed by atoms with Crippen LogP contribution < -0.4 is 5.32 Å². The average molecular weight is 452 g/mol. The van der Waals surface area contributed by atoms with Crippen molar-refractivity contribution in [1.29, 1.82) is 0 Å². The molecule has 3 rings (SSSR count). The molecular formula is C16H7F7N4O4. The minimum atomic E-state index is -5.73. The van der Waals surface area contributed by atoms with Crippen LogP contribution in [0.5, 0.6) is 0 Å². The van der Waals surface area contributed by atoms with Crippen LogP contribution in [-0.4, -0.2) is 20.6 Å². The summed E-state index contributed by atoms with van der Waals surface area (Å²) in [5, 5.41) is 15.7. The first-order valence-electron chi connectivity index (χ1n) is 7.90. The van der Waals surface area contributed by atoms with Gasteiger partial charge in [-0.05, 0) is 12.1 Å². The number of furan rings is 1. The van der Waals surface area contributed by atoms with Gasteiger partial charge in [-0.2, -0.15) is 18.3 Å². The normalized spacial score (nSPS) is 11.6. The molecule has 15 heteroatoms. The molecule has 0 fully saturated rings. The number of halogens is 7. The summed E-state index contributed by atoms with van der Waals surface area (Å²) in [5.41, 5.74) is -4.90. The van der Waals surface area contributed by atoms with E-state index in [2.05, 4.69) is 5.10 Å². The molecule has 1 N–H and O–H groups in total. The zero-order valence-electron chi connectivity index (χ0n) is 14.6. The van der Waals surface area contributed by atoms with Crippen LogP contribution in [-0.2, 0) is 12.7 Å². The van der Waals surface area contributed by atoms with E-state index < -0.39 is 57.3 Å². The van der Waals surface area contributed by atoms with Crippen molar-refractivity contribution in [2.75, 3.05) is 5.32 Å². The molecule has 0 aliphatic rings. The Labute approximate surface area is 166 Å². The highest BCUT2D eigenvalue weighted by Crippen LogP contribution is 2.38. The Morgan fingerprint density at radius 1 is 1.13 bits per heavy atom. The lowest BCUT2D eigenvalue weighted by molar-refractivity contribution is -0.385. The van der Waals surface area contributed by atoms with Gasteiger partial charge >= 0.3 is 11.9 Å². The minimum absolute atomic E-state index is 0.00567. The summed E-state index contributed by atoms with van der Waals surface area (Å²) >= 11 is 0. The molecule has 0 aliphatic carbocycles. The molecule has 0 bridgehead atoms. The van der Waals surface area contributed by atoms with Crippen LogP contribution >= 0.6 is 0 Å². The van der Waals surface area contributed by atoms with E-state index in [1.54, 1.807) is 0 Å².